The number of benzene rings is 1. The van der Waals surface area contributed by atoms with Gasteiger partial charge in [-0.15, -0.1) is 0 Å². The number of hydrogen-bond donors (Lipinski definition) is 0. The molecule has 0 saturated heterocycles. The Labute approximate surface area is 102 Å². The molecule has 1 aromatic carbocycles. The predicted octanol–water partition coefficient (Wildman–Crippen LogP) is 3.27. The van der Waals surface area contributed by atoms with Crippen molar-refractivity contribution in [2.45, 2.75) is 26.7 Å². The number of esters is 1. The highest BCUT2D eigenvalue weighted by atomic mass is 16.6. The molecule has 3 nitrogen and oxygen atoms in total. The molecule has 0 radical (unpaired) electrons. The first-order valence-electron chi connectivity index (χ1n) is 5.68. The van der Waals surface area contributed by atoms with E-state index in [0.717, 1.165) is 0 Å². The molecule has 0 unspecified atom stereocenters. The molecule has 1 rings (SSSR count). The maximum Gasteiger partial charge on any atom is 0.373 e. The van der Waals surface area contributed by atoms with Gasteiger partial charge in [-0.2, -0.15) is 0 Å². The van der Waals surface area contributed by atoms with Gasteiger partial charge >= 0.3 is 5.97 Å². The smallest absolute Gasteiger partial charge is 0.373 e. The van der Waals surface area contributed by atoms with E-state index in [-0.39, 0.29) is 5.76 Å². The lowest BCUT2D eigenvalue weighted by Crippen LogP contribution is -2.11. The van der Waals surface area contributed by atoms with Gasteiger partial charge in [0.25, 0.3) is 0 Å². The molecule has 0 amide bonds. The Morgan fingerprint density at radius 1 is 1.29 bits per heavy atom. The zero-order valence-electron chi connectivity index (χ0n) is 10.5. The minimum atomic E-state index is -0.527. The number of ether oxygens (including phenoxy) is 2. The van der Waals surface area contributed by atoms with Crippen molar-refractivity contribution in [3.63, 3.8) is 0 Å². The largest absolute Gasteiger partial charge is 0.460 e. The van der Waals surface area contributed by atoms with E-state index in [0.29, 0.717) is 18.3 Å². The van der Waals surface area contributed by atoms with E-state index >= 15 is 0 Å². The summed E-state index contributed by atoms with van der Waals surface area (Å²) in [7, 11) is 0. The van der Waals surface area contributed by atoms with Crippen LogP contribution in [0.3, 0.4) is 0 Å². The number of rotatable bonds is 5. The van der Waals surface area contributed by atoms with Crippen LogP contribution in [0.1, 0.15) is 32.3 Å². The molecule has 1 aromatic rings. The molecule has 0 fully saturated rings. The van der Waals surface area contributed by atoms with Crippen LogP contribution in [-0.2, 0) is 9.53 Å². The van der Waals surface area contributed by atoms with Crippen molar-refractivity contribution in [2.24, 2.45) is 0 Å². The average Bonchev–Trinajstić information content (AvgIpc) is 2.30. The maximum atomic E-state index is 11.3. The van der Waals surface area contributed by atoms with Gasteiger partial charge in [0.15, 0.2) is 0 Å². The molecule has 0 heterocycles. The van der Waals surface area contributed by atoms with Crippen LogP contribution in [0.5, 0.6) is 5.75 Å². The Balaban J connectivity index is 2.63. The first kappa shape index (κ1) is 13.3. The molecule has 0 aliphatic carbocycles. The topological polar surface area (TPSA) is 35.5 Å². The normalized spacial score (nSPS) is 10.1. The van der Waals surface area contributed by atoms with Gasteiger partial charge in [-0.05, 0) is 37.1 Å². The number of carbonyl (C=O) groups is 1. The SMILES string of the molecule is C=C(Oc1ccc(C(C)C)cc1)C(=O)OCC. The summed E-state index contributed by atoms with van der Waals surface area (Å²) in [4.78, 5) is 11.3. The third-order valence-corrected chi connectivity index (χ3v) is 2.29. The standard InChI is InChI=1S/C14H18O3/c1-5-16-14(15)11(4)17-13-8-6-12(7-9-13)10(2)3/h6-10H,4-5H2,1-3H3. The van der Waals surface area contributed by atoms with Crippen LogP contribution in [0.15, 0.2) is 36.6 Å². The van der Waals surface area contributed by atoms with Crippen LogP contribution >= 0.6 is 0 Å². The molecular weight excluding hydrogens is 216 g/mol. The summed E-state index contributed by atoms with van der Waals surface area (Å²) >= 11 is 0. The highest BCUT2D eigenvalue weighted by Crippen LogP contribution is 2.19. The monoisotopic (exact) mass is 234 g/mol. The average molecular weight is 234 g/mol. The van der Waals surface area contributed by atoms with E-state index in [1.165, 1.54) is 5.56 Å². The second-order valence-electron chi connectivity index (χ2n) is 3.97. The Morgan fingerprint density at radius 2 is 1.88 bits per heavy atom. The van der Waals surface area contributed by atoms with Crippen molar-refractivity contribution in [1.29, 1.82) is 0 Å². The Kier molecular flexibility index (Phi) is 4.76. The lowest BCUT2D eigenvalue weighted by Gasteiger charge is -2.09. The van der Waals surface area contributed by atoms with Gasteiger partial charge in [-0.25, -0.2) is 4.79 Å². The van der Waals surface area contributed by atoms with Gasteiger partial charge in [-0.3, -0.25) is 0 Å². The summed E-state index contributed by atoms with van der Waals surface area (Å²) in [5.41, 5.74) is 1.22. The predicted molar refractivity (Wildman–Crippen MR) is 66.9 cm³/mol. The lowest BCUT2D eigenvalue weighted by atomic mass is 10.0. The Morgan fingerprint density at radius 3 is 2.35 bits per heavy atom. The Bertz CT molecular complexity index is 390. The summed E-state index contributed by atoms with van der Waals surface area (Å²) < 4.78 is 10.1. The first-order chi connectivity index (χ1) is 8.04. The quantitative estimate of drug-likeness (QED) is 0.445. The molecule has 92 valence electrons. The number of carbonyl (C=O) groups excluding carboxylic acids is 1. The molecule has 0 spiro atoms. The van der Waals surface area contributed by atoms with E-state index in [2.05, 4.69) is 20.4 Å². The number of hydrogen-bond acceptors (Lipinski definition) is 3. The van der Waals surface area contributed by atoms with Gasteiger partial charge in [0.1, 0.15) is 5.75 Å². The lowest BCUT2D eigenvalue weighted by molar-refractivity contribution is -0.140. The molecular formula is C14H18O3. The summed E-state index contributed by atoms with van der Waals surface area (Å²) in [6.07, 6.45) is 0. The van der Waals surface area contributed by atoms with E-state index < -0.39 is 5.97 Å². The fourth-order valence-corrected chi connectivity index (χ4v) is 1.32. The van der Waals surface area contributed by atoms with E-state index in [4.69, 9.17) is 9.47 Å². The van der Waals surface area contributed by atoms with Crippen LogP contribution in [0, 0.1) is 0 Å². The van der Waals surface area contributed by atoms with Crippen molar-refractivity contribution in [3.8, 4) is 5.75 Å². The molecule has 0 aliphatic rings. The van der Waals surface area contributed by atoms with Crippen LogP contribution in [0.25, 0.3) is 0 Å². The van der Waals surface area contributed by atoms with Crippen molar-refractivity contribution in [2.75, 3.05) is 6.61 Å². The molecule has 0 bridgehead atoms. The highest BCUT2D eigenvalue weighted by molar-refractivity contribution is 5.86. The van der Waals surface area contributed by atoms with E-state index in [1.54, 1.807) is 6.92 Å². The summed E-state index contributed by atoms with van der Waals surface area (Å²) in [5.74, 6) is 0.536. The molecule has 0 aromatic heterocycles. The minimum Gasteiger partial charge on any atom is -0.460 e. The van der Waals surface area contributed by atoms with Gasteiger partial charge in [-0.1, -0.05) is 26.0 Å². The third kappa shape index (κ3) is 3.94. The van der Waals surface area contributed by atoms with Gasteiger partial charge < -0.3 is 9.47 Å². The van der Waals surface area contributed by atoms with E-state index in [9.17, 15) is 4.79 Å². The van der Waals surface area contributed by atoms with Gasteiger partial charge in [0.2, 0.25) is 5.76 Å². The van der Waals surface area contributed by atoms with Crippen molar-refractivity contribution in [1.82, 2.24) is 0 Å². The summed E-state index contributed by atoms with van der Waals surface area (Å²) in [5, 5.41) is 0. The van der Waals surface area contributed by atoms with Gasteiger partial charge in [0.05, 0.1) is 6.61 Å². The molecule has 0 saturated carbocycles. The molecule has 0 N–H and O–H groups in total. The van der Waals surface area contributed by atoms with Crippen molar-refractivity contribution in [3.05, 3.63) is 42.2 Å². The van der Waals surface area contributed by atoms with Crippen LogP contribution in [-0.4, -0.2) is 12.6 Å². The Hall–Kier alpha value is -1.77. The molecule has 0 atom stereocenters. The van der Waals surface area contributed by atoms with Crippen molar-refractivity contribution < 1.29 is 14.3 Å². The molecule has 0 aliphatic heterocycles. The second-order valence-corrected chi connectivity index (χ2v) is 3.97. The highest BCUT2D eigenvalue weighted by Gasteiger charge is 2.10. The molecule has 17 heavy (non-hydrogen) atoms. The zero-order valence-corrected chi connectivity index (χ0v) is 10.5. The first-order valence-corrected chi connectivity index (χ1v) is 5.68. The summed E-state index contributed by atoms with van der Waals surface area (Å²) in [6.45, 7) is 9.82. The van der Waals surface area contributed by atoms with E-state index in [1.807, 2.05) is 24.3 Å². The zero-order chi connectivity index (χ0) is 12.8. The summed E-state index contributed by atoms with van der Waals surface area (Å²) in [6, 6.07) is 7.58. The third-order valence-electron chi connectivity index (χ3n) is 2.29. The maximum absolute atomic E-state index is 11.3. The van der Waals surface area contributed by atoms with Crippen LogP contribution in [0.4, 0.5) is 0 Å². The van der Waals surface area contributed by atoms with Crippen LogP contribution in [0.2, 0.25) is 0 Å². The van der Waals surface area contributed by atoms with Gasteiger partial charge in [0, 0.05) is 0 Å². The second kappa shape index (κ2) is 6.09. The fraction of sp³-hybridized carbons (Fsp3) is 0.357. The molecule has 3 heteroatoms. The van der Waals surface area contributed by atoms with Crippen LogP contribution < -0.4 is 4.74 Å². The fourth-order valence-electron chi connectivity index (χ4n) is 1.32. The van der Waals surface area contributed by atoms with Crippen molar-refractivity contribution >= 4 is 5.97 Å². The minimum absolute atomic E-state index is 0.00384.